The maximum absolute atomic E-state index is 14.7. The predicted molar refractivity (Wildman–Crippen MR) is 134 cm³/mol. The van der Waals surface area contributed by atoms with E-state index in [1.165, 1.54) is 18.2 Å². The summed E-state index contributed by atoms with van der Waals surface area (Å²) in [6, 6.07) is 14.6. The summed E-state index contributed by atoms with van der Waals surface area (Å²) in [5.41, 5.74) is 2.06. The number of nitrogens with zero attached hydrogens (tertiary/aromatic N) is 3. The highest BCUT2D eigenvalue weighted by atomic mass is 19.1. The molecule has 6 nitrogen and oxygen atoms in total. The first-order valence-electron chi connectivity index (χ1n) is 12.1. The van der Waals surface area contributed by atoms with Crippen LogP contribution in [0.3, 0.4) is 0 Å². The molecule has 1 aliphatic rings. The van der Waals surface area contributed by atoms with Gasteiger partial charge in [-0.2, -0.15) is 0 Å². The third-order valence-electron chi connectivity index (χ3n) is 6.17. The number of carbonyl (C=O) groups excluding carboxylic acids is 1. The summed E-state index contributed by atoms with van der Waals surface area (Å²) >= 11 is 0. The van der Waals surface area contributed by atoms with Crippen molar-refractivity contribution in [1.29, 1.82) is 0 Å². The molecular weight excluding hydrogens is 464 g/mol. The molecule has 0 saturated carbocycles. The van der Waals surface area contributed by atoms with Crippen molar-refractivity contribution >= 4 is 11.8 Å². The Kier molecular flexibility index (Phi) is 8.15. The molecule has 36 heavy (non-hydrogen) atoms. The molecule has 2 aromatic carbocycles. The van der Waals surface area contributed by atoms with Crippen LogP contribution in [0.15, 0.2) is 60.8 Å². The minimum atomic E-state index is -0.433. The van der Waals surface area contributed by atoms with Gasteiger partial charge in [-0.15, -0.1) is 0 Å². The molecule has 1 aromatic heterocycles. The van der Waals surface area contributed by atoms with Crippen LogP contribution in [0.2, 0.25) is 0 Å². The molecule has 0 radical (unpaired) electrons. The largest absolute Gasteiger partial charge is 0.486 e. The second kappa shape index (κ2) is 11.5. The summed E-state index contributed by atoms with van der Waals surface area (Å²) in [4.78, 5) is 21.3. The van der Waals surface area contributed by atoms with Crippen molar-refractivity contribution in [3.8, 4) is 5.75 Å². The number of ether oxygens (including phenoxy) is 2. The fourth-order valence-electron chi connectivity index (χ4n) is 4.30. The third-order valence-corrected chi connectivity index (χ3v) is 6.17. The summed E-state index contributed by atoms with van der Waals surface area (Å²) < 4.78 is 38.7. The molecule has 1 saturated heterocycles. The van der Waals surface area contributed by atoms with Gasteiger partial charge < -0.3 is 14.4 Å². The smallest absolute Gasteiger partial charge is 0.342 e. The monoisotopic (exact) mass is 495 g/mol. The lowest BCUT2D eigenvalue weighted by Gasteiger charge is -2.26. The molecule has 0 bridgehead atoms. The van der Waals surface area contributed by atoms with E-state index in [4.69, 9.17) is 9.47 Å². The van der Waals surface area contributed by atoms with Gasteiger partial charge in [0.2, 0.25) is 0 Å². The van der Waals surface area contributed by atoms with Crippen LogP contribution >= 0.6 is 0 Å². The van der Waals surface area contributed by atoms with Crippen LogP contribution < -0.4 is 9.64 Å². The molecule has 4 rings (SSSR count). The number of carbonyl (C=O) groups is 1. The van der Waals surface area contributed by atoms with Crippen molar-refractivity contribution in [2.24, 2.45) is 0 Å². The Morgan fingerprint density at radius 2 is 1.89 bits per heavy atom. The van der Waals surface area contributed by atoms with Crippen LogP contribution in [0.25, 0.3) is 0 Å². The highest BCUT2D eigenvalue weighted by Crippen LogP contribution is 2.26. The van der Waals surface area contributed by atoms with Crippen molar-refractivity contribution < 1.29 is 23.0 Å². The van der Waals surface area contributed by atoms with E-state index in [0.29, 0.717) is 24.5 Å². The molecule has 0 spiro atoms. The number of likely N-dealkylation sites (N-methyl/N-ethyl adjacent to an activating group) is 1. The van der Waals surface area contributed by atoms with Crippen LogP contribution in [0, 0.1) is 11.6 Å². The Balaban J connectivity index is 1.35. The van der Waals surface area contributed by atoms with Gasteiger partial charge in [0.05, 0.1) is 6.10 Å². The zero-order valence-corrected chi connectivity index (χ0v) is 20.8. The Morgan fingerprint density at radius 3 is 2.61 bits per heavy atom. The molecule has 8 heteroatoms. The fourth-order valence-corrected chi connectivity index (χ4v) is 4.30. The highest BCUT2D eigenvalue weighted by molar-refractivity contribution is 5.94. The van der Waals surface area contributed by atoms with Gasteiger partial charge in [-0.3, -0.25) is 4.90 Å². The molecule has 190 valence electrons. The number of esters is 1. The minimum absolute atomic E-state index is 0.161. The summed E-state index contributed by atoms with van der Waals surface area (Å²) in [6.45, 7) is 5.84. The van der Waals surface area contributed by atoms with Crippen LogP contribution in [0.5, 0.6) is 5.75 Å². The average molecular weight is 496 g/mol. The Morgan fingerprint density at radius 1 is 1.14 bits per heavy atom. The number of hydrogen-bond donors (Lipinski definition) is 0. The lowest BCUT2D eigenvalue weighted by Crippen LogP contribution is -2.34. The van der Waals surface area contributed by atoms with Gasteiger partial charge in [0, 0.05) is 31.9 Å². The van der Waals surface area contributed by atoms with E-state index in [0.717, 1.165) is 24.1 Å². The normalized spacial score (nSPS) is 15.5. The molecule has 1 fully saturated rings. The van der Waals surface area contributed by atoms with Crippen LogP contribution in [-0.2, 0) is 17.9 Å². The first kappa shape index (κ1) is 25.6. The molecule has 1 atom stereocenters. The van der Waals surface area contributed by atoms with Gasteiger partial charge in [0.1, 0.15) is 23.8 Å². The van der Waals surface area contributed by atoms with E-state index in [9.17, 15) is 13.6 Å². The number of pyridine rings is 1. The van der Waals surface area contributed by atoms with Gasteiger partial charge in [-0.1, -0.05) is 18.2 Å². The van der Waals surface area contributed by atoms with Crippen molar-refractivity contribution in [2.45, 2.75) is 45.6 Å². The third kappa shape index (κ3) is 6.37. The van der Waals surface area contributed by atoms with E-state index in [2.05, 4.69) is 14.8 Å². The van der Waals surface area contributed by atoms with Crippen LogP contribution in [-0.4, -0.2) is 48.1 Å². The van der Waals surface area contributed by atoms with Crippen LogP contribution in [0.1, 0.15) is 41.8 Å². The van der Waals surface area contributed by atoms with Gasteiger partial charge in [0.25, 0.3) is 0 Å². The molecule has 0 N–H and O–H groups in total. The van der Waals surface area contributed by atoms with E-state index in [1.807, 2.05) is 27.0 Å². The quantitative estimate of drug-likeness (QED) is 0.380. The van der Waals surface area contributed by atoms with Gasteiger partial charge in [0.15, 0.2) is 11.6 Å². The molecule has 2 heterocycles. The van der Waals surface area contributed by atoms with Gasteiger partial charge >= 0.3 is 5.97 Å². The summed E-state index contributed by atoms with van der Waals surface area (Å²) in [6.07, 6.45) is 2.37. The van der Waals surface area contributed by atoms with Crippen molar-refractivity contribution in [3.63, 3.8) is 0 Å². The number of aromatic nitrogens is 1. The number of rotatable bonds is 9. The predicted octanol–water partition coefficient (Wildman–Crippen LogP) is 5.21. The van der Waals surface area contributed by atoms with Gasteiger partial charge in [-0.05, 0) is 74.8 Å². The zero-order valence-electron chi connectivity index (χ0n) is 20.8. The van der Waals surface area contributed by atoms with E-state index in [-0.39, 0.29) is 36.3 Å². The zero-order chi connectivity index (χ0) is 25.7. The van der Waals surface area contributed by atoms with Crippen molar-refractivity contribution in [3.05, 3.63) is 89.1 Å². The molecule has 0 amide bonds. The number of halogens is 2. The summed E-state index contributed by atoms with van der Waals surface area (Å²) in [5, 5.41) is 0. The van der Waals surface area contributed by atoms with Gasteiger partial charge in [-0.25, -0.2) is 18.6 Å². The molecular formula is C28H31F2N3O3. The molecule has 0 unspecified atom stereocenters. The topological polar surface area (TPSA) is 54.9 Å². The number of hydrogen-bond acceptors (Lipinski definition) is 6. The standard InChI is InChI=1S/C28H31F2N3O3/c1-19(2)36-28(34)24-5-4-13-31-27(24)33-14-12-23(17-33)32(3)16-21-8-11-26(25(30)15-21)35-18-20-6-9-22(29)10-7-20/h4-11,13,15,19,23H,12,14,16-18H2,1-3H3/t23-/m0/s1. The second-order valence-electron chi connectivity index (χ2n) is 9.31. The Bertz CT molecular complexity index is 1190. The Hall–Kier alpha value is -3.52. The van der Waals surface area contributed by atoms with E-state index < -0.39 is 5.82 Å². The summed E-state index contributed by atoms with van der Waals surface area (Å²) in [5.74, 6) is -0.334. The Labute approximate surface area is 210 Å². The number of benzene rings is 2. The van der Waals surface area contributed by atoms with Crippen molar-refractivity contribution in [2.75, 3.05) is 25.0 Å². The second-order valence-corrected chi connectivity index (χ2v) is 9.31. The first-order valence-corrected chi connectivity index (χ1v) is 12.1. The fraction of sp³-hybridized carbons (Fsp3) is 0.357. The maximum atomic E-state index is 14.7. The highest BCUT2D eigenvalue weighted by Gasteiger charge is 2.29. The number of anilines is 1. The van der Waals surface area contributed by atoms with E-state index in [1.54, 1.807) is 36.5 Å². The minimum Gasteiger partial charge on any atom is -0.486 e. The summed E-state index contributed by atoms with van der Waals surface area (Å²) in [7, 11) is 2.01. The lowest BCUT2D eigenvalue weighted by molar-refractivity contribution is 0.0378. The van der Waals surface area contributed by atoms with Crippen LogP contribution in [0.4, 0.5) is 14.6 Å². The molecule has 3 aromatic rings. The van der Waals surface area contributed by atoms with E-state index >= 15 is 0 Å². The molecule has 1 aliphatic heterocycles. The lowest BCUT2D eigenvalue weighted by atomic mass is 10.1. The molecule has 0 aliphatic carbocycles. The first-order chi connectivity index (χ1) is 17.3. The maximum Gasteiger partial charge on any atom is 0.342 e. The van der Waals surface area contributed by atoms with Crippen molar-refractivity contribution in [1.82, 2.24) is 9.88 Å². The average Bonchev–Trinajstić information content (AvgIpc) is 3.35. The SMILES string of the molecule is CC(C)OC(=O)c1cccnc1N1CC[C@H](N(C)Cc2ccc(OCc3ccc(F)cc3)c(F)c2)C1.